The van der Waals surface area contributed by atoms with Gasteiger partial charge < -0.3 is 10.0 Å². The van der Waals surface area contributed by atoms with Crippen molar-refractivity contribution >= 4 is 33.5 Å². The predicted octanol–water partition coefficient (Wildman–Crippen LogP) is 3.01. The number of hydrogen-bond donors (Lipinski definition) is 1. The van der Waals surface area contributed by atoms with Gasteiger partial charge in [-0.3, -0.25) is 4.79 Å². The number of halogens is 2. The first-order valence-corrected chi connectivity index (χ1v) is 6.00. The van der Waals surface area contributed by atoms with Crippen LogP contribution in [0.25, 0.3) is 0 Å². The predicted molar refractivity (Wildman–Crippen MR) is 67.7 cm³/mol. The number of hydrogen-bond acceptors (Lipinski definition) is 2. The smallest absolute Gasteiger partial charge is 0.304 e. The van der Waals surface area contributed by atoms with Gasteiger partial charge in [-0.1, -0.05) is 33.6 Å². The Morgan fingerprint density at radius 2 is 2.25 bits per heavy atom. The molecule has 0 unspecified atom stereocenters. The first-order valence-electron chi connectivity index (χ1n) is 4.83. The maximum atomic E-state index is 10.4. The lowest BCUT2D eigenvalue weighted by molar-refractivity contribution is -0.137. The molecule has 1 aromatic rings. The van der Waals surface area contributed by atoms with E-state index in [1.807, 2.05) is 30.1 Å². The molecule has 0 aliphatic rings. The highest BCUT2D eigenvalue weighted by molar-refractivity contribution is 9.10. The molecule has 0 radical (unpaired) electrons. The van der Waals surface area contributed by atoms with E-state index < -0.39 is 5.97 Å². The van der Waals surface area contributed by atoms with Crippen LogP contribution in [0.15, 0.2) is 22.7 Å². The van der Waals surface area contributed by atoms with Gasteiger partial charge in [0.1, 0.15) is 0 Å². The van der Waals surface area contributed by atoms with Crippen molar-refractivity contribution in [3.63, 3.8) is 0 Å². The molecule has 1 rings (SSSR count). The van der Waals surface area contributed by atoms with Gasteiger partial charge in [-0.15, -0.1) is 0 Å². The maximum absolute atomic E-state index is 10.4. The maximum Gasteiger partial charge on any atom is 0.304 e. The summed E-state index contributed by atoms with van der Waals surface area (Å²) in [5, 5.41) is 9.25. The second kappa shape index (κ2) is 6.23. The number of carboxylic acid groups (broad SMARTS) is 1. The second-order valence-electron chi connectivity index (χ2n) is 3.62. The van der Waals surface area contributed by atoms with Crippen molar-refractivity contribution < 1.29 is 9.90 Å². The largest absolute Gasteiger partial charge is 0.481 e. The standard InChI is InChI=1S/C11H13BrClNO2/c1-14(5-4-11(15)16)7-8-2-3-9(12)6-10(8)13/h2-3,6H,4-5,7H2,1H3,(H,15,16). The lowest BCUT2D eigenvalue weighted by atomic mass is 10.2. The van der Waals surface area contributed by atoms with Gasteiger partial charge in [0, 0.05) is 22.6 Å². The van der Waals surface area contributed by atoms with Crippen molar-refractivity contribution in [3.8, 4) is 0 Å². The normalized spacial score (nSPS) is 10.8. The number of benzene rings is 1. The van der Waals surface area contributed by atoms with E-state index in [1.54, 1.807) is 0 Å². The molecule has 0 saturated heterocycles. The minimum atomic E-state index is -0.784. The minimum Gasteiger partial charge on any atom is -0.481 e. The summed E-state index contributed by atoms with van der Waals surface area (Å²) in [6.45, 7) is 1.17. The summed E-state index contributed by atoms with van der Waals surface area (Å²) in [5.41, 5.74) is 0.998. The zero-order valence-corrected chi connectivity index (χ0v) is 11.3. The van der Waals surface area contributed by atoms with Gasteiger partial charge in [0.25, 0.3) is 0 Å². The molecule has 1 N–H and O–H groups in total. The molecule has 0 aromatic heterocycles. The second-order valence-corrected chi connectivity index (χ2v) is 4.94. The van der Waals surface area contributed by atoms with E-state index in [-0.39, 0.29) is 6.42 Å². The molecule has 0 aliphatic heterocycles. The van der Waals surface area contributed by atoms with E-state index in [4.69, 9.17) is 16.7 Å². The molecule has 88 valence electrons. The van der Waals surface area contributed by atoms with Crippen molar-refractivity contribution in [1.29, 1.82) is 0 Å². The Morgan fingerprint density at radius 1 is 1.56 bits per heavy atom. The molecule has 0 spiro atoms. The van der Waals surface area contributed by atoms with E-state index >= 15 is 0 Å². The number of carboxylic acids is 1. The van der Waals surface area contributed by atoms with E-state index in [2.05, 4.69) is 15.9 Å². The van der Waals surface area contributed by atoms with Crippen LogP contribution in [0.1, 0.15) is 12.0 Å². The third-order valence-corrected chi connectivity index (χ3v) is 3.01. The Hall–Kier alpha value is -0.580. The third-order valence-electron chi connectivity index (χ3n) is 2.16. The number of rotatable bonds is 5. The fraction of sp³-hybridized carbons (Fsp3) is 0.364. The fourth-order valence-electron chi connectivity index (χ4n) is 1.31. The van der Waals surface area contributed by atoms with Gasteiger partial charge in [0.05, 0.1) is 6.42 Å². The Bertz CT molecular complexity index is 384. The monoisotopic (exact) mass is 305 g/mol. The van der Waals surface area contributed by atoms with Crippen molar-refractivity contribution in [3.05, 3.63) is 33.3 Å². The van der Waals surface area contributed by atoms with Crippen molar-refractivity contribution in [2.75, 3.05) is 13.6 Å². The lowest BCUT2D eigenvalue weighted by Gasteiger charge is -2.16. The van der Waals surface area contributed by atoms with Gasteiger partial charge >= 0.3 is 5.97 Å². The SMILES string of the molecule is CN(CCC(=O)O)Cc1ccc(Br)cc1Cl. The molecule has 0 atom stereocenters. The van der Waals surface area contributed by atoms with Crippen LogP contribution in [0.5, 0.6) is 0 Å². The fourth-order valence-corrected chi connectivity index (χ4v) is 2.04. The molecular weight excluding hydrogens is 293 g/mol. The quantitative estimate of drug-likeness (QED) is 0.909. The highest BCUT2D eigenvalue weighted by Gasteiger charge is 2.06. The van der Waals surface area contributed by atoms with Gasteiger partial charge in [-0.25, -0.2) is 0 Å². The highest BCUT2D eigenvalue weighted by atomic mass is 79.9. The lowest BCUT2D eigenvalue weighted by Crippen LogP contribution is -2.21. The summed E-state index contributed by atoms with van der Waals surface area (Å²) in [6, 6.07) is 5.69. The third kappa shape index (κ3) is 4.51. The summed E-state index contributed by atoms with van der Waals surface area (Å²) in [5.74, 6) is -0.784. The van der Waals surface area contributed by atoms with Crippen molar-refractivity contribution in [2.45, 2.75) is 13.0 Å². The molecule has 0 heterocycles. The Kier molecular flexibility index (Phi) is 5.25. The molecular formula is C11H13BrClNO2. The summed E-state index contributed by atoms with van der Waals surface area (Å²) in [4.78, 5) is 12.3. The molecule has 0 saturated carbocycles. The number of carbonyl (C=O) groups is 1. The van der Waals surface area contributed by atoms with Crippen LogP contribution in [-0.4, -0.2) is 29.6 Å². The van der Waals surface area contributed by atoms with Crippen molar-refractivity contribution in [1.82, 2.24) is 4.90 Å². The molecule has 0 amide bonds. The topological polar surface area (TPSA) is 40.5 Å². The average Bonchev–Trinajstić information content (AvgIpc) is 2.19. The highest BCUT2D eigenvalue weighted by Crippen LogP contribution is 2.22. The van der Waals surface area contributed by atoms with Gasteiger partial charge in [-0.2, -0.15) is 0 Å². The summed E-state index contributed by atoms with van der Waals surface area (Å²) in [6.07, 6.45) is 0.143. The van der Waals surface area contributed by atoms with Crippen LogP contribution < -0.4 is 0 Å². The van der Waals surface area contributed by atoms with Crippen LogP contribution >= 0.6 is 27.5 Å². The van der Waals surface area contributed by atoms with Gasteiger partial charge in [-0.05, 0) is 24.7 Å². The Morgan fingerprint density at radius 3 is 2.81 bits per heavy atom. The van der Waals surface area contributed by atoms with E-state index in [0.29, 0.717) is 18.1 Å². The van der Waals surface area contributed by atoms with E-state index in [0.717, 1.165) is 10.0 Å². The van der Waals surface area contributed by atoms with Crippen LogP contribution in [-0.2, 0) is 11.3 Å². The summed E-state index contributed by atoms with van der Waals surface area (Å²) >= 11 is 9.40. The van der Waals surface area contributed by atoms with Crippen LogP contribution in [0.3, 0.4) is 0 Å². The van der Waals surface area contributed by atoms with Gasteiger partial charge in [0.15, 0.2) is 0 Å². The van der Waals surface area contributed by atoms with Gasteiger partial charge in [0.2, 0.25) is 0 Å². The molecule has 16 heavy (non-hydrogen) atoms. The zero-order chi connectivity index (χ0) is 12.1. The molecule has 1 aromatic carbocycles. The van der Waals surface area contributed by atoms with Crippen molar-refractivity contribution in [2.24, 2.45) is 0 Å². The first kappa shape index (κ1) is 13.5. The summed E-state index contributed by atoms with van der Waals surface area (Å²) < 4.78 is 0.939. The number of nitrogens with zero attached hydrogens (tertiary/aromatic N) is 1. The molecule has 0 fully saturated rings. The molecule has 5 heteroatoms. The first-order chi connectivity index (χ1) is 7.49. The molecule has 3 nitrogen and oxygen atoms in total. The zero-order valence-electron chi connectivity index (χ0n) is 8.91. The van der Waals surface area contributed by atoms with E-state index in [9.17, 15) is 4.79 Å². The van der Waals surface area contributed by atoms with Crippen LogP contribution in [0.2, 0.25) is 5.02 Å². The molecule has 0 bridgehead atoms. The minimum absolute atomic E-state index is 0.143. The Balaban J connectivity index is 2.55. The van der Waals surface area contributed by atoms with Crippen LogP contribution in [0.4, 0.5) is 0 Å². The summed E-state index contributed by atoms with van der Waals surface area (Å²) in [7, 11) is 1.88. The Labute approximate surface area is 108 Å². The number of aliphatic carboxylic acids is 1. The van der Waals surface area contributed by atoms with E-state index in [1.165, 1.54) is 0 Å². The average molecular weight is 307 g/mol. The van der Waals surface area contributed by atoms with Crippen LogP contribution in [0, 0.1) is 0 Å². The molecule has 0 aliphatic carbocycles.